The molecule has 0 saturated carbocycles. The number of aromatic nitrogens is 2. The van der Waals surface area contributed by atoms with Crippen molar-refractivity contribution in [1.29, 1.82) is 0 Å². The third-order valence-corrected chi connectivity index (χ3v) is 5.79. The normalized spacial score (nSPS) is 11.4. The number of hydrogen-bond donors (Lipinski definition) is 0. The molecule has 2 aromatic carbocycles. The van der Waals surface area contributed by atoms with Crippen LogP contribution in [0.2, 0.25) is 5.02 Å². The smallest absolute Gasteiger partial charge is 0.349 e. The summed E-state index contributed by atoms with van der Waals surface area (Å²) in [4.78, 5) is 24.5. The maximum Gasteiger partial charge on any atom is 0.349 e. The quantitative estimate of drug-likeness (QED) is 0.261. The molecule has 3 aromatic rings. The summed E-state index contributed by atoms with van der Waals surface area (Å²) in [7, 11) is 0. The van der Waals surface area contributed by atoms with E-state index in [2.05, 4.69) is 5.10 Å². The Balaban J connectivity index is 2.11. The number of benzene rings is 2. The molecular weight excluding hydrogens is 445 g/mol. The van der Waals surface area contributed by atoms with E-state index in [9.17, 15) is 19.3 Å². The van der Waals surface area contributed by atoms with Crippen molar-refractivity contribution < 1.29 is 18.8 Å². The van der Waals surface area contributed by atoms with Crippen LogP contribution in [0.5, 0.6) is 5.88 Å². The monoisotopic (exact) mass is 463 g/mol. The zero-order valence-electron chi connectivity index (χ0n) is 17.2. The van der Waals surface area contributed by atoms with Gasteiger partial charge in [0.05, 0.1) is 31.0 Å². The van der Waals surface area contributed by atoms with Gasteiger partial charge in [-0.15, -0.1) is 0 Å². The van der Waals surface area contributed by atoms with Crippen LogP contribution in [0.15, 0.2) is 52.3 Å². The van der Waals surface area contributed by atoms with Gasteiger partial charge >= 0.3 is 5.97 Å². The van der Waals surface area contributed by atoms with Gasteiger partial charge in [-0.05, 0) is 45.9 Å². The Hall–Kier alpha value is -2.91. The molecule has 0 unspecified atom stereocenters. The molecule has 0 N–H and O–H groups in total. The number of esters is 1. The van der Waals surface area contributed by atoms with Crippen LogP contribution in [0.25, 0.3) is 0 Å². The fourth-order valence-corrected chi connectivity index (χ4v) is 4.05. The Morgan fingerprint density at radius 1 is 1.23 bits per heavy atom. The number of aryl methyl sites for hydroxylation is 1. The largest absolute Gasteiger partial charge is 0.403 e. The summed E-state index contributed by atoms with van der Waals surface area (Å²) in [5.74, 6) is -1.75. The first-order chi connectivity index (χ1) is 14.5. The van der Waals surface area contributed by atoms with E-state index in [0.29, 0.717) is 15.5 Å². The molecule has 0 amide bonds. The van der Waals surface area contributed by atoms with Gasteiger partial charge in [0.1, 0.15) is 11.4 Å². The Labute approximate surface area is 187 Å². The minimum atomic E-state index is -0.988. The summed E-state index contributed by atoms with van der Waals surface area (Å²) < 4.78 is 21.3. The molecule has 3 rings (SSSR count). The van der Waals surface area contributed by atoms with Gasteiger partial charge in [-0.1, -0.05) is 41.6 Å². The molecular formula is C21H19ClFN3O4S. The first-order valence-electron chi connectivity index (χ1n) is 9.18. The molecule has 10 heteroatoms. The molecule has 0 saturated heterocycles. The standard InChI is InChI=1S/C21H19ClFN3O4S/c1-12-18(31-16-11-6-5-10-15(16)26(28)29)19(25(24-12)21(2,3)4)30-20(27)17-13(22)8-7-9-14(17)23/h5-11H,1-4H3. The van der Waals surface area contributed by atoms with Gasteiger partial charge in [0.2, 0.25) is 5.88 Å². The minimum absolute atomic E-state index is 0.0532. The molecule has 0 atom stereocenters. The second-order valence-corrected chi connectivity index (χ2v) is 9.07. The second-order valence-electron chi connectivity index (χ2n) is 7.62. The number of para-hydroxylation sites is 1. The first-order valence-corrected chi connectivity index (χ1v) is 10.4. The number of nitrogens with zero attached hydrogens (tertiary/aromatic N) is 3. The van der Waals surface area contributed by atoms with Crippen molar-refractivity contribution in [2.75, 3.05) is 0 Å². The molecule has 0 aliphatic carbocycles. The van der Waals surface area contributed by atoms with Gasteiger partial charge < -0.3 is 4.74 Å². The van der Waals surface area contributed by atoms with E-state index in [4.69, 9.17) is 16.3 Å². The molecule has 0 aliphatic rings. The van der Waals surface area contributed by atoms with E-state index in [1.165, 1.54) is 22.9 Å². The van der Waals surface area contributed by atoms with E-state index in [-0.39, 0.29) is 16.6 Å². The molecule has 1 aromatic heterocycles. The van der Waals surface area contributed by atoms with Crippen LogP contribution in [0.4, 0.5) is 10.1 Å². The number of rotatable bonds is 5. The summed E-state index contributed by atoms with van der Waals surface area (Å²) in [6, 6.07) is 10.1. The summed E-state index contributed by atoms with van der Waals surface area (Å²) >= 11 is 7.06. The predicted octanol–water partition coefficient (Wildman–Crippen LogP) is 6.02. The zero-order valence-corrected chi connectivity index (χ0v) is 18.8. The third-order valence-electron chi connectivity index (χ3n) is 4.23. The lowest BCUT2D eigenvalue weighted by Crippen LogP contribution is -2.25. The number of halogens is 2. The molecule has 0 fully saturated rings. The summed E-state index contributed by atoms with van der Waals surface area (Å²) in [6.45, 7) is 7.26. The van der Waals surface area contributed by atoms with E-state index in [1.807, 2.05) is 20.8 Å². The summed E-state index contributed by atoms with van der Waals surface area (Å²) in [5.41, 5.74) is -0.587. The highest BCUT2D eigenvalue weighted by Gasteiger charge is 2.30. The number of hydrogen-bond acceptors (Lipinski definition) is 6. The van der Waals surface area contributed by atoms with Crippen molar-refractivity contribution in [2.24, 2.45) is 0 Å². The Kier molecular flexibility index (Phi) is 6.38. The lowest BCUT2D eigenvalue weighted by molar-refractivity contribution is -0.387. The van der Waals surface area contributed by atoms with Crippen LogP contribution in [0.3, 0.4) is 0 Å². The van der Waals surface area contributed by atoms with Gasteiger partial charge in [0.15, 0.2) is 0 Å². The maximum atomic E-state index is 14.2. The van der Waals surface area contributed by atoms with Crippen molar-refractivity contribution in [1.82, 2.24) is 9.78 Å². The second kappa shape index (κ2) is 8.68. The molecule has 0 aliphatic heterocycles. The van der Waals surface area contributed by atoms with Crippen molar-refractivity contribution in [3.63, 3.8) is 0 Å². The van der Waals surface area contributed by atoms with Crippen LogP contribution < -0.4 is 4.74 Å². The van der Waals surface area contributed by atoms with Crippen LogP contribution >= 0.6 is 23.4 Å². The van der Waals surface area contributed by atoms with E-state index in [1.54, 1.807) is 25.1 Å². The average molecular weight is 464 g/mol. The van der Waals surface area contributed by atoms with Crippen LogP contribution in [0.1, 0.15) is 36.8 Å². The first kappa shape index (κ1) is 22.8. The Morgan fingerprint density at radius 2 is 1.90 bits per heavy atom. The fourth-order valence-electron chi connectivity index (χ4n) is 2.79. The van der Waals surface area contributed by atoms with Gasteiger partial charge in [0.25, 0.3) is 5.69 Å². The van der Waals surface area contributed by atoms with Crippen LogP contribution in [-0.2, 0) is 5.54 Å². The fraction of sp³-hybridized carbons (Fsp3) is 0.238. The van der Waals surface area contributed by atoms with Crippen molar-refractivity contribution >= 4 is 35.0 Å². The molecule has 162 valence electrons. The lowest BCUT2D eigenvalue weighted by atomic mass is 10.1. The van der Waals surface area contributed by atoms with Gasteiger partial charge in [0, 0.05) is 6.07 Å². The van der Waals surface area contributed by atoms with Crippen LogP contribution in [-0.4, -0.2) is 20.7 Å². The number of ether oxygens (including phenoxy) is 1. The molecule has 31 heavy (non-hydrogen) atoms. The summed E-state index contributed by atoms with van der Waals surface area (Å²) in [6.07, 6.45) is 0. The molecule has 0 spiro atoms. The Bertz CT molecular complexity index is 1150. The highest BCUT2D eigenvalue weighted by Crippen LogP contribution is 2.43. The molecule has 0 bridgehead atoms. The third kappa shape index (κ3) is 4.72. The summed E-state index contributed by atoms with van der Waals surface area (Å²) in [5, 5.41) is 15.8. The number of carbonyl (C=O) groups is 1. The maximum absolute atomic E-state index is 14.2. The van der Waals surface area contributed by atoms with E-state index < -0.39 is 27.8 Å². The lowest BCUT2D eigenvalue weighted by Gasteiger charge is -2.22. The number of nitro groups is 1. The SMILES string of the molecule is Cc1nn(C(C)(C)C)c(OC(=O)c2c(F)cccc2Cl)c1Sc1ccccc1[N+](=O)[O-]. The molecule has 0 radical (unpaired) electrons. The molecule has 7 nitrogen and oxygen atoms in total. The van der Waals surface area contributed by atoms with Crippen molar-refractivity contribution in [2.45, 2.75) is 43.0 Å². The topological polar surface area (TPSA) is 87.3 Å². The number of carbonyl (C=O) groups excluding carboxylic acids is 1. The zero-order chi connectivity index (χ0) is 22.9. The predicted molar refractivity (Wildman–Crippen MR) is 116 cm³/mol. The Morgan fingerprint density at radius 3 is 2.52 bits per heavy atom. The van der Waals surface area contributed by atoms with Crippen LogP contribution in [0, 0.1) is 22.9 Å². The van der Waals surface area contributed by atoms with Gasteiger partial charge in [-0.3, -0.25) is 10.1 Å². The highest BCUT2D eigenvalue weighted by molar-refractivity contribution is 7.99. The van der Waals surface area contributed by atoms with E-state index >= 15 is 0 Å². The van der Waals surface area contributed by atoms with Crippen molar-refractivity contribution in [3.05, 3.63) is 74.7 Å². The highest BCUT2D eigenvalue weighted by atomic mass is 35.5. The van der Waals surface area contributed by atoms with Gasteiger partial charge in [-0.25, -0.2) is 13.9 Å². The van der Waals surface area contributed by atoms with Gasteiger partial charge in [-0.2, -0.15) is 5.10 Å². The minimum Gasteiger partial charge on any atom is -0.403 e. The molecule has 1 heterocycles. The average Bonchev–Trinajstić information content (AvgIpc) is 2.98. The van der Waals surface area contributed by atoms with E-state index in [0.717, 1.165) is 17.8 Å². The number of nitro benzene ring substituents is 1. The van der Waals surface area contributed by atoms with Crippen molar-refractivity contribution in [3.8, 4) is 5.88 Å².